The molecule has 0 atom stereocenters. The Balaban J connectivity index is 1.84. The first kappa shape index (κ1) is 12.9. The summed E-state index contributed by atoms with van der Waals surface area (Å²) in [5.41, 5.74) is 2.17. The van der Waals surface area contributed by atoms with Crippen molar-refractivity contribution in [2.45, 2.75) is 32.4 Å². The van der Waals surface area contributed by atoms with Crippen molar-refractivity contribution in [2.24, 2.45) is 0 Å². The van der Waals surface area contributed by atoms with Gasteiger partial charge in [0.1, 0.15) is 5.75 Å². The van der Waals surface area contributed by atoms with Crippen molar-refractivity contribution in [2.75, 3.05) is 13.7 Å². The number of ether oxygens (including phenoxy) is 1. The lowest BCUT2D eigenvalue weighted by molar-refractivity contribution is -0.120. The van der Waals surface area contributed by atoms with E-state index in [1.54, 1.807) is 7.11 Å². The van der Waals surface area contributed by atoms with Crippen LogP contribution in [-0.4, -0.2) is 25.6 Å². The van der Waals surface area contributed by atoms with Crippen LogP contribution in [0.1, 0.15) is 24.0 Å². The van der Waals surface area contributed by atoms with Gasteiger partial charge in [-0.2, -0.15) is 0 Å². The molecule has 1 aromatic rings. The highest BCUT2D eigenvalue weighted by Gasteiger charge is 2.21. The molecule has 2 N–H and O–H groups in total. The average Bonchev–Trinajstić information content (AvgIpc) is 3.18. The van der Waals surface area contributed by atoms with Crippen molar-refractivity contribution in [1.29, 1.82) is 0 Å². The summed E-state index contributed by atoms with van der Waals surface area (Å²) in [4.78, 5) is 11.6. The zero-order chi connectivity index (χ0) is 13.0. The van der Waals surface area contributed by atoms with E-state index in [9.17, 15) is 4.79 Å². The van der Waals surface area contributed by atoms with Crippen molar-refractivity contribution in [1.82, 2.24) is 10.6 Å². The molecule has 0 bridgehead atoms. The molecule has 1 saturated carbocycles. The van der Waals surface area contributed by atoms with E-state index in [0.717, 1.165) is 16.9 Å². The molecule has 0 aliphatic heterocycles. The van der Waals surface area contributed by atoms with Crippen LogP contribution in [0.25, 0.3) is 0 Å². The molecule has 1 aliphatic rings. The minimum Gasteiger partial charge on any atom is -0.496 e. The fraction of sp³-hybridized carbons (Fsp3) is 0.500. The standard InChI is InChI=1S/C14H20N2O2/c1-10-3-6-13(18-2)11(7-10)8-16-14(17)9-15-12-4-5-12/h3,6-7,12,15H,4-5,8-9H2,1-2H3,(H,16,17). The molecule has 1 aromatic carbocycles. The summed E-state index contributed by atoms with van der Waals surface area (Å²) in [6.45, 7) is 2.94. The summed E-state index contributed by atoms with van der Waals surface area (Å²) in [5, 5.41) is 6.09. The minimum atomic E-state index is 0.0328. The van der Waals surface area contributed by atoms with Crippen LogP contribution in [0.3, 0.4) is 0 Å². The summed E-state index contributed by atoms with van der Waals surface area (Å²) in [6.07, 6.45) is 2.39. The van der Waals surface area contributed by atoms with E-state index in [-0.39, 0.29) is 5.91 Å². The number of carbonyl (C=O) groups excluding carboxylic acids is 1. The molecule has 0 spiro atoms. The molecule has 0 saturated heterocycles. The second kappa shape index (κ2) is 5.87. The van der Waals surface area contributed by atoms with E-state index < -0.39 is 0 Å². The first-order valence-corrected chi connectivity index (χ1v) is 6.32. The molecule has 4 heteroatoms. The van der Waals surface area contributed by atoms with E-state index >= 15 is 0 Å². The van der Waals surface area contributed by atoms with Crippen LogP contribution < -0.4 is 15.4 Å². The largest absolute Gasteiger partial charge is 0.496 e. The van der Waals surface area contributed by atoms with Crippen molar-refractivity contribution in [3.63, 3.8) is 0 Å². The van der Waals surface area contributed by atoms with E-state index in [0.29, 0.717) is 19.1 Å². The zero-order valence-corrected chi connectivity index (χ0v) is 11.0. The summed E-state index contributed by atoms with van der Waals surface area (Å²) >= 11 is 0. The lowest BCUT2D eigenvalue weighted by Crippen LogP contribution is -2.34. The van der Waals surface area contributed by atoms with Crippen LogP contribution >= 0.6 is 0 Å². The average molecular weight is 248 g/mol. The first-order valence-electron chi connectivity index (χ1n) is 6.32. The van der Waals surface area contributed by atoms with Gasteiger partial charge in [0.2, 0.25) is 5.91 Å². The minimum absolute atomic E-state index is 0.0328. The third kappa shape index (κ3) is 3.74. The number of benzene rings is 1. The summed E-state index contributed by atoms with van der Waals surface area (Å²) in [6, 6.07) is 6.52. The molecule has 1 fully saturated rings. The van der Waals surface area contributed by atoms with E-state index in [1.165, 1.54) is 12.8 Å². The van der Waals surface area contributed by atoms with Gasteiger partial charge in [0.05, 0.1) is 13.7 Å². The molecule has 2 rings (SSSR count). The lowest BCUT2D eigenvalue weighted by atomic mass is 10.1. The number of hydrogen-bond acceptors (Lipinski definition) is 3. The van der Waals surface area contributed by atoms with Gasteiger partial charge in [0, 0.05) is 18.2 Å². The van der Waals surface area contributed by atoms with Crippen molar-refractivity contribution in [3.8, 4) is 5.75 Å². The van der Waals surface area contributed by atoms with Crippen LogP contribution in [0.4, 0.5) is 0 Å². The topological polar surface area (TPSA) is 50.4 Å². The van der Waals surface area contributed by atoms with Gasteiger partial charge in [-0.3, -0.25) is 4.79 Å². The van der Waals surface area contributed by atoms with Gasteiger partial charge in [-0.25, -0.2) is 0 Å². The monoisotopic (exact) mass is 248 g/mol. The van der Waals surface area contributed by atoms with Crippen LogP contribution in [0.5, 0.6) is 5.75 Å². The second-order valence-corrected chi connectivity index (χ2v) is 4.75. The maximum Gasteiger partial charge on any atom is 0.234 e. The van der Waals surface area contributed by atoms with Gasteiger partial charge in [0.15, 0.2) is 0 Å². The number of amides is 1. The number of methoxy groups -OCH3 is 1. The molecule has 1 aliphatic carbocycles. The molecule has 0 radical (unpaired) electrons. The van der Waals surface area contributed by atoms with Crippen LogP contribution in [0.2, 0.25) is 0 Å². The van der Waals surface area contributed by atoms with Crippen LogP contribution in [0, 0.1) is 6.92 Å². The van der Waals surface area contributed by atoms with E-state index in [4.69, 9.17) is 4.74 Å². The molecule has 98 valence electrons. The van der Waals surface area contributed by atoms with E-state index in [2.05, 4.69) is 10.6 Å². The molecular weight excluding hydrogens is 228 g/mol. The second-order valence-electron chi connectivity index (χ2n) is 4.75. The van der Waals surface area contributed by atoms with Gasteiger partial charge >= 0.3 is 0 Å². The van der Waals surface area contributed by atoms with Crippen molar-refractivity contribution < 1.29 is 9.53 Å². The Kier molecular flexibility index (Phi) is 4.20. The highest BCUT2D eigenvalue weighted by Crippen LogP contribution is 2.19. The molecule has 0 heterocycles. The fourth-order valence-corrected chi connectivity index (χ4v) is 1.83. The van der Waals surface area contributed by atoms with Gasteiger partial charge in [-0.05, 0) is 25.8 Å². The summed E-state index contributed by atoms with van der Waals surface area (Å²) in [7, 11) is 1.64. The molecule has 18 heavy (non-hydrogen) atoms. The third-order valence-electron chi connectivity index (χ3n) is 3.04. The molecule has 0 aromatic heterocycles. The first-order chi connectivity index (χ1) is 8.69. The predicted octanol–water partition coefficient (Wildman–Crippen LogP) is 1.37. The van der Waals surface area contributed by atoms with Gasteiger partial charge in [-0.1, -0.05) is 17.7 Å². The Morgan fingerprint density at radius 1 is 1.44 bits per heavy atom. The number of aryl methyl sites for hydroxylation is 1. The Labute approximate surface area is 108 Å². The van der Waals surface area contributed by atoms with Gasteiger partial charge in [0.25, 0.3) is 0 Å². The van der Waals surface area contributed by atoms with Crippen LogP contribution in [0.15, 0.2) is 18.2 Å². The Bertz CT molecular complexity index is 428. The third-order valence-corrected chi connectivity index (χ3v) is 3.04. The Morgan fingerprint density at radius 2 is 2.22 bits per heavy atom. The number of carbonyl (C=O) groups is 1. The molecule has 4 nitrogen and oxygen atoms in total. The zero-order valence-electron chi connectivity index (χ0n) is 11.0. The Morgan fingerprint density at radius 3 is 2.89 bits per heavy atom. The smallest absolute Gasteiger partial charge is 0.234 e. The lowest BCUT2D eigenvalue weighted by Gasteiger charge is -2.11. The van der Waals surface area contributed by atoms with Gasteiger partial charge in [-0.15, -0.1) is 0 Å². The molecular formula is C14H20N2O2. The summed E-state index contributed by atoms with van der Waals surface area (Å²) in [5.74, 6) is 0.849. The van der Waals surface area contributed by atoms with Crippen molar-refractivity contribution >= 4 is 5.91 Å². The predicted molar refractivity (Wildman–Crippen MR) is 70.6 cm³/mol. The summed E-state index contributed by atoms with van der Waals surface area (Å²) < 4.78 is 5.27. The SMILES string of the molecule is COc1ccc(C)cc1CNC(=O)CNC1CC1. The quantitative estimate of drug-likeness (QED) is 0.799. The number of rotatable bonds is 6. The van der Waals surface area contributed by atoms with Crippen LogP contribution in [-0.2, 0) is 11.3 Å². The number of hydrogen-bond donors (Lipinski definition) is 2. The normalized spacial score (nSPS) is 14.3. The fourth-order valence-electron chi connectivity index (χ4n) is 1.83. The Hall–Kier alpha value is -1.55. The van der Waals surface area contributed by atoms with Gasteiger partial charge < -0.3 is 15.4 Å². The number of nitrogens with one attached hydrogen (secondary N) is 2. The maximum atomic E-state index is 11.6. The highest BCUT2D eigenvalue weighted by molar-refractivity contribution is 5.78. The molecule has 0 unspecified atom stereocenters. The van der Waals surface area contributed by atoms with E-state index in [1.807, 2.05) is 25.1 Å². The highest BCUT2D eigenvalue weighted by atomic mass is 16.5. The maximum absolute atomic E-state index is 11.6. The molecule has 1 amide bonds. The van der Waals surface area contributed by atoms with Crippen molar-refractivity contribution in [3.05, 3.63) is 29.3 Å².